The van der Waals surface area contributed by atoms with E-state index in [1.165, 1.54) is 6.42 Å². The fourth-order valence-electron chi connectivity index (χ4n) is 2.54. The number of nitrogen functional groups attached to an aromatic ring is 1. The van der Waals surface area contributed by atoms with Crippen LogP contribution < -0.4 is 5.73 Å². The van der Waals surface area contributed by atoms with Crippen LogP contribution in [0.15, 0.2) is 36.4 Å². The van der Waals surface area contributed by atoms with Gasteiger partial charge in [-0.1, -0.05) is 18.2 Å². The van der Waals surface area contributed by atoms with Gasteiger partial charge in [-0.25, -0.2) is 4.68 Å². The first-order valence-corrected chi connectivity index (χ1v) is 6.96. The minimum Gasteiger partial charge on any atom is -0.384 e. The molecule has 1 aromatic carbocycles. The SMILES string of the molecule is Nc1cc(C(=O)N2CCCCC2)nn1-c1ccccc1. The molecule has 2 N–H and O–H groups in total. The fourth-order valence-corrected chi connectivity index (χ4v) is 2.54. The summed E-state index contributed by atoms with van der Waals surface area (Å²) in [5.74, 6) is 0.461. The van der Waals surface area contributed by atoms with Gasteiger partial charge in [0.15, 0.2) is 5.69 Å². The third-order valence-electron chi connectivity index (χ3n) is 3.60. The highest BCUT2D eigenvalue weighted by Crippen LogP contribution is 2.17. The maximum Gasteiger partial charge on any atom is 0.274 e. The molecule has 0 bridgehead atoms. The molecule has 3 rings (SSSR count). The van der Waals surface area contributed by atoms with Gasteiger partial charge >= 0.3 is 0 Å². The van der Waals surface area contributed by atoms with Crippen molar-refractivity contribution in [1.29, 1.82) is 0 Å². The molecule has 0 aliphatic carbocycles. The summed E-state index contributed by atoms with van der Waals surface area (Å²) in [6.07, 6.45) is 3.34. The molecule has 104 valence electrons. The van der Waals surface area contributed by atoms with Crippen LogP contribution in [-0.2, 0) is 0 Å². The second-order valence-corrected chi connectivity index (χ2v) is 5.05. The Hall–Kier alpha value is -2.30. The summed E-state index contributed by atoms with van der Waals surface area (Å²) in [4.78, 5) is 14.3. The van der Waals surface area contributed by atoms with E-state index >= 15 is 0 Å². The van der Waals surface area contributed by atoms with Crippen LogP contribution in [0.2, 0.25) is 0 Å². The number of carbonyl (C=O) groups excluding carboxylic acids is 1. The van der Waals surface area contributed by atoms with Crippen LogP contribution in [-0.4, -0.2) is 33.7 Å². The van der Waals surface area contributed by atoms with E-state index in [9.17, 15) is 4.79 Å². The van der Waals surface area contributed by atoms with Crippen LogP contribution in [0.3, 0.4) is 0 Å². The third kappa shape index (κ3) is 2.39. The molecule has 1 aromatic heterocycles. The third-order valence-corrected chi connectivity index (χ3v) is 3.60. The molecule has 0 spiro atoms. The van der Waals surface area contributed by atoms with E-state index in [2.05, 4.69) is 5.10 Å². The summed E-state index contributed by atoms with van der Waals surface area (Å²) < 4.78 is 1.61. The molecular weight excluding hydrogens is 252 g/mol. The number of piperidine rings is 1. The van der Waals surface area contributed by atoms with E-state index in [1.54, 1.807) is 10.7 Å². The molecule has 1 aliphatic heterocycles. The fraction of sp³-hybridized carbons (Fsp3) is 0.333. The molecule has 5 heteroatoms. The quantitative estimate of drug-likeness (QED) is 0.908. The smallest absolute Gasteiger partial charge is 0.274 e. The number of aromatic nitrogens is 2. The lowest BCUT2D eigenvalue weighted by atomic mass is 10.1. The molecule has 0 unspecified atom stereocenters. The van der Waals surface area contributed by atoms with Crippen LogP contribution in [0.4, 0.5) is 5.82 Å². The molecule has 20 heavy (non-hydrogen) atoms. The highest BCUT2D eigenvalue weighted by molar-refractivity contribution is 5.93. The summed E-state index contributed by atoms with van der Waals surface area (Å²) in [6.45, 7) is 1.63. The Morgan fingerprint density at radius 1 is 1.10 bits per heavy atom. The van der Waals surface area contributed by atoms with Crippen LogP contribution in [0.5, 0.6) is 0 Å². The second-order valence-electron chi connectivity index (χ2n) is 5.05. The Morgan fingerprint density at radius 3 is 2.50 bits per heavy atom. The maximum atomic E-state index is 12.4. The molecule has 1 aliphatic rings. The first kappa shape index (κ1) is 12.7. The van der Waals surface area contributed by atoms with Crippen LogP contribution in [0.25, 0.3) is 5.69 Å². The Kier molecular flexibility index (Phi) is 3.41. The molecule has 5 nitrogen and oxygen atoms in total. The number of para-hydroxylation sites is 1. The monoisotopic (exact) mass is 270 g/mol. The molecule has 0 radical (unpaired) electrons. The number of hydrogen-bond acceptors (Lipinski definition) is 3. The predicted octanol–water partition coefficient (Wildman–Crippen LogP) is 2.08. The van der Waals surface area contributed by atoms with Crippen molar-refractivity contribution in [2.75, 3.05) is 18.8 Å². The van der Waals surface area contributed by atoms with Crippen molar-refractivity contribution >= 4 is 11.7 Å². The standard InChI is InChI=1S/C15H18N4O/c16-14-11-13(15(20)18-9-5-2-6-10-18)17-19(14)12-7-3-1-4-8-12/h1,3-4,7-8,11H,2,5-6,9-10,16H2. The molecule has 1 amide bonds. The minimum atomic E-state index is -0.0221. The zero-order chi connectivity index (χ0) is 13.9. The summed E-state index contributed by atoms with van der Waals surface area (Å²) >= 11 is 0. The number of anilines is 1. The number of likely N-dealkylation sites (tertiary alicyclic amines) is 1. The lowest BCUT2D eigenvalue weighted by molar-refractivity contribution is 0.0718. The van der Waals surface area contributed by atoms with E-state index in [-0.39, 0.29) is 5.91 Å². The predicted molar refractivity (Wildman–Crippen MR) is 77.7 cm³/mol. The van der Waals surface area contributed by atoms with Crippen LogP contribution >= 0.6 is 0 Å². The molecular formula is C15H18N4O. The normalized spacial score (nSPS) is 15.3. The summed E-state index contributed by atoms with van der Waals surface area (Å²) in [5.41, 5.74) is 7.26. The van der Waals surface area contributed by atoms with E-state index in [4.69, 9.17) is 5.73 Å². The summed E-state index contributed by atoms with van der Waals surface area (Å²) in [7, 11) is 0. The van der Waals surface area contributed by atoms with Crippen LogP contribution in [0, 0.1) is 0 Å². The van der Waals surface area contributed by atoms with Gasteiger partial charge in [0.2, 0.25) is 0 Å². The van der Waals surface area contributed by atoms with Gasteiger partial charge in [-0.15, -0.1) is 0 Å². The van der Waals surface area contributed by atoms with Gasteiger partial charge in [0.25, 0.3) is 5.91 Å². The number of benzene rings is 1. The van der Waals surface area contributed by atoms with E-state index in [0.717, 1.165) is 31.6 Å². The number of carbonyl (C=O) groups is 1. The number of nitrogens with two attached hydrogens (primary N) is 1. The Bertz CT molecular complexity index is 600. The Labute approximate surface area is 118 Å². The van der Waals surface area contributed by atoms with Gasteiger partial charge in [-0.2, -0.15) is 5.10 Å². The highest BCUT2D eigenvalue weighted by Gasteiger charge is 2.21. The van der Waals surface area contributed by atoms with Crippen molar-refractivity contribution in [3.63, 3.8) is 0 Å². The molecule has 0 atom stereocenters. The molecule has 0 saturated carbocycles. The highest BCUT2D eigenvalue weighted by atomic mass is 16.2. The van der Waals surface area contributed by atoms with E-state index in [1.807, 2.05) is 35.2 Å². The number of rotatable bonds is 2. The number of nitrogens with zero attached hydrogens (tertiary/aromatic N) is 3. The van der Waals surface area contributed by atoms with E-state index in [0.29, 0.717) is 11.5 Å². The van der Waals surface area contributed by atoms with Crippen molar-refractivity contribution in [2.45, 2.75) is 19.3 Å². The van der Waals surface area contributed by atoms with Crippen molar-refractivity contribution in [1.82, 2.24) is 14.7 Å². The lowest BCUT2D eigenvalue weighted by Gasteiger charge is -2.25. The first-order chi connectivity index (χ1) is 9.75. The average molecular weight is 270 g/mol. The number of amides is 1. The molecule has 1 saturated heterocycles. The van der Waals surface area contributed by atoms with Gasteiger partial charge in [-0.05, 0) is 31.4 Å². The van der Waals surface area contributed by atoms with E-state index < -0.39 is 0 Å². The zero-order valence-corrected chi connectivity index (χ0v) is 11.3. The molecule has 1 fully saturated rings. The van der Waals surface area contributed by atoms with Crippen LogP contribution in [0.1, 0.15) is 29.8 Å². The van der Waals surface area contributed by atoms with Crippen molar-refractivity contribution in [3.8, 4) is 5.69 Å². The van der Waals surface area contributed by atoms with Gasteiger partial charge in [0.1, 0.15) is 5.82 Å². The summed E-state index contributed by atoms with van der Waals surface area (Å²) in [5, 5.41) is 4.36. The Morgan fingerprint density at radius 2 is 1.80 bits per heavy atom. The largest absolute Gasteiger partial charge is 0.384 e. The second kappa shape index (κ2) is 5.36. The lowest BCUT2D eigenvalue weighted by Crippen LogP contribution is -2.35. The first-order valence-electron chi connectivity index (χ1n) is 6.96. The topological polar surface area (TPSA) is 64.2 Å². The van der Waals surface area contributed by atoms with Crippen molar-refractivity contribution in [3.05, 3.63) is 42.1 Å². The number of hydrogen-bond donors (Lipinski definition) is 1. The van der Waals surface area contributed by atoms with Gasteiger partial charge in [0, 0.05) is 19.2 Å². The Balaban J connectivity index is 1.87. The summed E-state index contributed by atoms with van der Waals surface area (Å²) in [6, 6.07) is 11.3. The van der Waals surface area contributed by atoms with Gasteiger partial charge < -0.3 is 10.6 Å². The zero-order valence-electron chi connectivity index (χ0n) is 11.3. The minimum absolute atomic E-state index is 0.0221. The van der Waals surface area contributed by atoms with Crippen molar-refractivity contribution in [2.24, 2.45) is 0 Å². The van der Waals surface area contributed by atoms with Crippen molar-refractivity contribution < 1.29 is 4.79 Å². The van der Waals surface area contributed by atoms with Gasteiger partial charge in [0.05, 0.1) is 5.69 Å². The molecule has 2 aromatic rings. The van der Waals surface area contributed by atoms with Gasteiger partial charge in [-0.3, -0.25) is 4.79 Å². The molecule has 2 heterocycles. The average Bonchev–Trinajstić information content (AvgIpc) is 2.90. The maximum absolute atomic E-state index is 12.4.